The van der Waals surface area contributed by atoms with Crippen molar-refractivity contribution in [2.45, 2.75) is 6.54 Å². The summed E-state index contributed by atoms with van der Waals surface area (Å²) in [5.74, 6) is -0.186. The molecule has 2 amide bonds. The number of hydrogen-bond donors (Lipinski definition) is 2. The van der Waals surface area contributed by atoms with Crippen LogP contribution in [0.25, 0.3) is 0 Å². The molecule has 0 fully saturated rings. The smallest absolute Gasteiger partial charge is 0.291 e. The molecule has 3 rings (SSSR count). The molecule has 1 aromatic carbocycles. The average Bonchev–Trinajstić information content (AvgIpc) is 3.24. The maximum absolute atomic E-state index is 11.9. The molecular weight excluding hydrogens is 376 g/mol. The molecule has 0 atom stereocenters. The third-order valence-electron chi connectivity index (χ3n) is 3.18. The third kappa shape index (κ3) is 3.94. The first kappa shape index (κ1) is 16.1. The highest BCUT2D eigenvalue weighted by molar-refractivity contribution is 9.10. The molecule has 0 saturated heterocycles. The summed E-state index contributed by atoms with van der Waals surface area (Å²) < 4.78 is 10.7. The quantitative estimate of drug-likeness (QED) is 0.695. The van der Waals surface area contributed by atoms with E-state index in [2.05, 4.69) is 26.6 Å². The van der Waals surface area contributed by atoms with Crippen LogP contribution in [-0.2, 0) is 6.54 Å². The molecule has 122 valence electrons. The summed E-state index contributed by atoms with van der Waals surface area (Å²) in [5.41, 5.74) is 1.45. The lowest BCUT2D eigenvalue weighted by molar-refractivity contribution is 0.0921. The lowest BCUT2D eigenvalue weighted by atomic mass is 10.2. The summed E-state index contributed by atoms with van der Waals surface area (Å²) in [7, 11) is 0. The van der Waals surface area contributed by atoms with Gasteiger partial charge in [0.05, 0.1) is 6.26 Å². The molecule has 0 aliphatic rings. The Labute approximate surface area is 146 Å². The van der Waals surface area contributed by atoms with E-state index in [-0.39, 0.29) is 23.3 Å². The Morgan fingerprint density at radius 2 is 1.88 bits per heavy atom. The molecule has 0 spiro atoms. The van der Waals surface area contributed by atoms with Gasteiger partial charge in [0.2, 0.25) is 0 Å². The van der Waals surface area contributed by atoms with E-state index >= 15 is 0 Å². The molecule has 0 saturated carbocycles. The van der Waals surface area contributed by atoms with E-state index in [4.69, 9.17) is 8.83 Å². The van der Waals surface area contributed by atoms with Gasteiger partial charge >= 0.3 is 0 Å². The normalized spacial score (nSPS) is 10.4. The van der Waals surface area contributed by atoms with Crippen molar-refractivity contribution in [2.75, 3.05) is 5.32 Å². The van der Waals surface area contributed by atoms with Gasteiger partial charge in [-0.3, -0.25) is 9.59 Å². The van der Waals surface area contributed by atoms with Crippen LogP contribution in [0.15, 0.2) is 68.3 Å². The molecule has 3 aromatic rings. The molecule has 2 heterocycles. The summed E-state index contributed by atoms with van der Waals surface area (Å²) in [6.45, 7) is 0.307. The van der Waals surface area contributed by atoms with Gasteiger partial charge in [-0.1, -0.05) is 12.1 Å². The molecule has 0 aliphatic heterocycles. The van der Waals surface area contributed by atoms with Gasteiger partial charge in [0.25, 0.3) is 11.8 Å². The topological polar surface area (TPSA) is 84.5 Å². The molecule has 2 N–H and O–H groups in total. The van der Waals surface area contributed by atoms with Crippen LogP contribution in [-0.4, -0.2) is 11.8 Å². The molecule has 7 heteroatoms. The first-order chi connectivity index (χ1) is 11.6. The summed E-state index contributed by atoms with van der Waals surface area (Å²) >= 11 is 3.15. The summed E-state index contributed by atoms with van der Waals surface area (Å²) in [6.07, 6.45) is 1.44. The number of rotatable bonds is 5. The highest BCUT2D eigenvalue weighted by Crippen LogP contribution is 2.15. The number of carbonyl (C=O) groups excluding carboxylic acids is 2. The summed E-state index contributed by atoms with van der Waals surface area (Å²) in [5, 5.41) is 5.49. The molecule has 24 heavy (non-hydrogen) atoms. The second kappa shape index (κ2) is 7.18. The fourth-order valence-electron chi connectivity index (χ4n) is 2.07. The van der Waals surface area contributed by atoms with Gasteiger partial charge in [-0.15, -0.1) is 0 Å². The van der Waals surface area contributed by atoms with Gasteiger partial charge in [-0.2, -0.15) is 0 Å². The van der Waals surface area contributed by atoms with Crippen LogP contribution in [0.2, 0.25) is 0 Å². The summed E-state index contributed by atoms with van der Waals surface area (Å²) in [6, 6.07) is 13.6. The number of benzene rings is 1. The Hall–Kier alpha value is -2.80. The molecule has 0 radical (unpaired) electrons. The zero-order valence-corrected chi connectivity index (χ0v) is 14.0. The number of halogens is 1. The Morgan fingerprint density at radius 3 is 2.58 bits per heavy atom. The molecule has 0 aliphatic carbocycles. The van der Waals surface area contributed by atoms with Crippen molar-refractivity contribution in [2.24, 2.45) is 0 Å². The van der Waals surface area contributed by atoms with Crippen LogP contribution in [0.4, 0.5) is 5.69 Å². The number of furan rings is 2. The first-order valence-electron chi connectivity index (χ1n) is 7.09. The van der Waals surface area contributed by atoms with E-state index in [1.807, 2.05) is 6.07 Å². The van der Waals surface area contributed by atoms with E-state index in [0.717, 1.165) is 5.56 Å². The molecule has 0 unspecified atom stereocenters. The zero-order chi connectivity index (χ0) is 16.9. The maximum Gasteiger partial charge on any atom is 0.291 e. The molecule has 6 nitrogen and oxygen atoms in total. The minimum absolute atomic E-state index is 0.226. The van der Waals surface area contributed by atoms with Crippen molar-refractivity contribution in [3.63, 3.8) is 0 Å². The van der Waals surface area contributed by atoms with E-state index in [1.54, 1.807) is 42.5 Å². The van der Waals surface area contributed by atoms with Crippen molar-refractivity contribution in [1.29, 1.82) is 0 Å². The van der Waals surface area contributed by atoms with Crippen LogP contribution in [0, 0.1) is 0 Å². The van der Waals surface area contributed by atoms with Gasteiger partial charge in [0.15, 0.2) is 16.2 Å². The van der Waals surface area contributed by atoms with Crippen molar-refractivity contribution in [3.8, 4) is 0 Å². The minimum atomic E-state index is -0.332. The predicted octanol–water partition coefficient (Wildman–Crippen LogP) is 3.82. The number of nitrogens with one attached hydrogen (secondary N) is 2. The molecule has 0 bridgehead atoms. The standard InChI is InChI=1S/C17H13BrN2O4/c18-15-7-6-14(24-15)16(21)19-10-11-3-1-4-12(9-11)20-17(22)13-5-2-8-23-13/h1-9H,10H2,(H,19,21)(H,20,22). The second-order valence-corrected chi connectivity index (χ2v) is 5.70. The van der Waals surface area contributed by atoms with Crippen molar-refractivity contribution in [3.05, 3.63) is 76.5 Å². The predicted molar refractivity (Wildman–Crippen MR) is 90.7 cm³/mol. The Kier molecular flexibility index (Phi) is 4.81. The van der Waals surface area contributed by atoms with Gasteiger partial charge < -0.3 is 19.5 Å². The van der Waals surface area contributed by atoms with Crippen LogP contribution < -0.4 is 10.6 Å². The van der Waals surface area contributed by atoms with E-state index < -0.39 is 0 Å². The fraction of sp³-hybridized carbons (Fsp3) is 0.0588. The largest absolute Gasteiger partial charge is 0.459 e. The number of amides is 2. The maximum atomic E-state index is 11.9. The lowest BCUT2D eigenvalue weighted by Gasteiger charge is -2.07. The first-order valence-corrected chi connectivity index (χ1v) is 7.88. The highest BCUT2D eigenvalue weighted by Gasteiger charge is 2.11. The molecule has 2 aromatic heterocycles. The fourth-order valence-corrected chi connectivity index (χ4v) is 2.37. The monoisotopic (exact) mass is 388 g/mol. The van der Waals surface area contributed by atoms with Gasteiger partial charge in [-0.25, -0.2) is 0 Å². The van der Waals surface area contributed by atoms with Gasteiger partial charge in [0.1, 0.15) is 0 Å². The van der Waals surface area contributed by atoms with Crippen molar-refractivity contribution >= 4 is 33.4 Å². The van der Waals surface area contributed by atoms with Crippen molar-refractivity contribution in [1.82, 2.24) is 5.32 Å². The third-order valence-corrected chi connectivity index (χ3v) is 3.61. The molecular formula is C17H13BrN2O4. The second-order valence-electron chi connectivity index (χ2n) is 4.92. The van der Waals surface area contributed by atoms with E-state index in [1.165, 1.54) is 6.26 Å². The lowest BCUT2D eigenvalue weighted by Crippen LogP contribution is -2.22. The number of anilines is 1. The van der Waals surface area contributed by atoms with Crippen molar-refractivity contribution < 1.29 is 18.4 Å². The summed E-state index contributed by atoms with van der Waals surface area (Å²) in [4.78, 5) is 23.9. The van der Waals surface area contributed by atoms with Crippen LogP contribution in [0.5, 0.6) is 0 Å². The van der Waals surface area contributed by atoms with Crippen LogP contribution in [0.3, 0.4) is 0 Å². The zero-order valence-electron chi connectivity index (χ0n) is 12.4. The van der Waals surface area contributed by atoms with E-state index in [9.17, 15) is 9.59 Å². The van der Waals surface area contributed by atoms with Gasteiger partial charge in [0, 0.05) is 12.2 Å². The average molecular weight is 389 g/mol. The van der Waals surface area contributed by atoms with Crippen LogP contribution in [0.1, 0.15) is 26.7 Å². The Bertz CT molecular complexity index is 855. The Morgan fingerprint density at radius 1 is 1.00 bits per heavy atom. The highest BCUT2D eigenvalue weighted by atomic mass is 79.9. The van der Waals surface area contributed by atoms with E-state index in [0.29, 0.717) is 16.9 Å². The SMILES string of the molecule is O=C(Nc1cccc(CNC(=O)c2ccc(Br)o2)c1)c1ccco1. The van der Waals surface area contributed by atoms with Gasteiger partial charge in [-0.05, 0) is 57.9 Å². The van der Waals surface area contributed by atoms with Crippen LogP contribution >= 0.6 is 15.9 Å². The Balaban J connectivity index is 1.61. The number of hydrogen-bond acceptors (Lipinski definition) is 4. The minimum Gasteiger partial charge on any atom is -0.459 e. The number of carbonyl (C=O) groups is 2.